The van der Waals surface area contributed by atoms with E-state index in [9.17, 15) is 4.79 Å². The number of aromatic nitrogens is 5. The Bertz CT molecular complexity index is 1400. The van der Waals surface area contributed by atoms with Gasteiger partial charge in [-0.05, 0) is 81.1 Å². The first-order chi connectivity index (χ1) is 16.5. The third kappa shape index (κ3) is 3.55. The zero-order chi connectivity index (χ0) is 23.4. The van der Waals surface area contributed by atoms with Gasteiger partial charge in [0.05, 0.1) is 18.1 Å². The predicted octanol–water partition coefficient (Wildman–Crippen LogP) is 4.88. The highest BCUT2D eigenvalue weighted by molar-refractivity contribution is 6.00. The van der Waals surface area contributed by atoms with Gasteiger partial charge in [0.15, 0.2) is 5.82 Å². The summed E-state index contributed by atoms with van der Waals surface area (Å²) in [6, 6.07) is 12.2. The van der Waals surface area contributed by atoms with Crippen molar-refractivity contribution in [3.05, 3.63) is 71.3 Å². The summed E-state index contributed by atoms with van der Waals surface area (Å²) in [5, 5.41) is 11.1. The van der Waals surface area contributed by atoms with Gasteiger partial charge in [-0.15, -0.1) is 5.10 Å². The number of hydrogen-bond acceptors (Lipinski definition) is 5. The fourth-order valence-electron chi connectivity index (χ4n) is 4.52. The molecule has 0 radical (unpaired) electrons. The summed E-state index contributed by atoms with van der Waals surface area (Å²) in [6.07, 6.45) is 6.51. The highest BCUT2D eigenvalue weighted by Gasteiger charge is 2.27. The molecule has 172 valence electrons. The molecular formula is C26H27N7O. The van der Waals surface area contributed by atoms with Crippen LogP contribution < -0.4 is 10.6 Å². The lowest BCUT2D eigenvalue weighted by Crippen LogP contribution is -2.16. The molecule has 1 saturated carbocycles. The Morgan fingerprint density at radius 3 is 2.71 bits per heavy atom. The van der Waals surface area contributed by atoms with E-state index in [0.29, 0.717) is 24.2 Å². The van der Waals surface area contributed by atoms with E-state index in [-0.39, 0.29) is 11.9 Å². The molecular weight excluding hydrogens is 426 g/mol. The summed E-state index contributed by atoms with van der Waals surface area (Å²) in [7, 11) is 0. The summed E-state index contributed by atoms with van der Waals surface area (Å²) in [5.74, 6) is 1.98. The van der Waals surface area contributed by atoms with E-state index in [2.05, 4.69) is 38.5 Å². The van der Waals surface area contributed by atoms with Crippen LogP contribution in [0.1, 0.15) is 65.8 Å². The van der Waals surface area contributed by atoms with Gasteiger partial charge in [-0.3, -0.25) is 4.79 Å². The highest BCUT2D eigenvalue weighted by Crippen LogP contribution is 2.39. The van der Waals surface area contributed by atoms with Crippen molar-refractivity contribution in [2.45, 2.75) is 52.1 Å². The van der Waals surface area contributed by atoms with E-state index in [0.717, 1.165) is 33.6 Å². The fourth-order valence-corrected chi connectivity index (χ4v) is 4.52. The lowest BCUT2D eigenvalue weighted by molar-refractivity contribution is 0.0958. The molecule has 1 atom stereocenters. The molecule has 2 N–H and O–H groups in total. The van der Waals surface area contributed by atoms with Gasteiger partial charge < -0.3 is 15.2 Å². The third-order valence-corrected chi connectivity index (χ3v) is 6.69. The summed E-state index contributed by atoms with van der Waals surface area (Å²) in [5.41, 5.74) is 6.87. The molecule has 1 unspecified atom stereocenters. The minimum atomic E-state index is -0.0148. The van der Waals surface area contributed by atoms with Gasteiger partial charge in [0.25, 0.3) is 5.91 Å². The zero-order valence-electron chi connectivity index (χ0n) is 19.5. The molecule has 34 heavy (non-hydrogen) atoms. The van der Waals surface area contributed by atoms with E-state index in [1.165, 1.54) is 18.5 Å². The third-order valence-electron chi connectivity index (χ3n) is 6.69. The molecule has 0 spiro atoms. The molecule has 8 nitrogen and oxygen atoms in total. The average Bonchev–Trinajstić information content (AvgIpc) is 3.31. The van der Waals surface area contributed by atoms with E-state index < -0.39 is 0 Å². The van der Waals surface area contributed by atoms with E-state index in [1.807, 2.05) is 56.0 Å². The summed E-state index contributed by atoms with van der Waals surface area (Å²) in [4.78, 5) is 21.5. The maximum atomic E-state index is 12.1. The molecule has 8 heteroatoms. The Labute approximate surface area is 198 Å². The number of aryl methyl sites for hydroxylation is 2. The molecule has 1 fully saturated rings. The van der Waals surface area contributed by atoms with Crippen LogP contribution in [0.15, 0.2) is 48.9 Å². The monoisotopic (exact) mass is 453 g/mol. The van der Waals surface area contributed by atoms with Gasteiger partial charge in [0, 0.05) is 41.2 Å². The van der Waals surface area contributed by atoms with Crippen molar-refractivity contribution in [3.8, 4) is 17.1 Å². The zero-order valence-corrected chi connectivity index (χ0v) is 19.5. The predicted molar refractivity (Wildman–Crippen MR) is 131 cm³/mol. The molecule has 1 amide bonds. The van der Waals surface area contributed by atoms with Crippen LogP contribution in [0.3, 0.4) is 0 Å². The van der Waals surface area contributed by atoms with Crippen molar-refractivity contribution in [1.29, 1.82) is 0 Å². The summed E-state index contributed by atoms with van der Waals surface area (Å²) in [6.45, 7) is 6.72. The molecule has 6 rings (SSSR count). The first-order valence-electron chi connectivity index (χ1n) is 11.8. The van der Waals surface area contributed by atoms with Crippen LogP contribution in [0.5, 0.6) is 0 Å². The standard InChI is InChI=1S/C26H27N7O/c1-4-33-26(29-22-12-20-16(3)28-25(34)21(20)11-15(22)2)30-24(31-33)18-7-9-19(10-8-18)32-13-23(27-14-32)17-5-6-17/h7-14,16-17H,4-6H2,1-3H3,(H,28,34)(H,29,30,31). The summed E-state index contributed by atoms with van der Waals surface area (Å²) < 4.78 is 3.93. The Morgan fingerprint density at radius 1 is 1.18 bits per heavy atom. The van der Waals surface area contributed by atoms with Crippen molar-refractivity contribution in [2.24, 2.45) is 0 Å². The van der Waals surface area contributed by atoms with Gasteiger partial charge >= 0.3 is 0 Å². The van der Waals surface area contributed by atoms with E-state index in [4.69, 9.17) is 10.1 Å². The number of carbonyl (C=O) groups is 1. The van der Waals surface area contributed by atoms with Gasteiger partial charge in [-0.2, -0.15) is 4.98 Å². The molecule has 0 bridgehead atoms. The number of anilines is 2. The van der Waals surface area contributed by atoms with Crippen LogP contribution in [0.4, 0.5) is 11.6 Å². The maximum Gasteiger partial charge on any atom is 0.252 e. The summed E-state index contributed by atoms with van der Waals surface area (Å²) >= 11 is 0. The number of nitrogens with one attached hydrogen (secondary N) is 2. The van der Waals surface area contributed by atoms with Crippen LogP contribution >= 0.6 is 0 Å². The number of carbonyl (C=O) groups excluding carboxylic acids is 1. The first kappa shape index (κ1) is 20.7. The minimum absolute atomic E-state index is 0.00220. The van der Waals surface area contributed by atoms with Crippen molar-refractivity contribution < 1.29 is 4.79 Å². The molecule has 0 saturated heterocycles. The van der Waals surface area contributed by atoms with Gasteiger partial charge in [0.1, 0.15) is 0 Å². The smallest absolute Gasteiger partial charge is 0.252 e. The highest BCUT2D eigenvalue weighted by atomic mass is 16.2. The number of imidazole rings is 1. The number of rotatable bonds is 6. The van der Waals surface area contributed by atoms with E-state index in [1.54, 1.807) is 0 Å². The van der Waals surface area contributed by atoms with Crippen LogP contribution in [0, 0.1) is 6.92 Å². The van der Waals surface area contributed by atoms with Crippen LogP contribution in [-0.2, 0) is 6.54 Å². The lowest BCUT2D eigenvalue weighted by Gasteiger charge is -2.12. The second-order valence-electron chi connectivity index (χ2n) is 9.18. The van der Waals surface area contributed by atoms with Gasteiger partial charge in [-0.1, -0.05) is 0 Å². The molecule has 1 aliphatic carbocycles. The lowest BCUT2D eigenvalue weighted by atomic mass is 10.0. The SMILES string of the molecule is CCn1nc(-c2ccc(-n3cnc(C4CC4)c3)cc2)nc1Nc1cc2c(cc1C)C(=O)NC2C. The number of amides is 1. The topological polar surface area (TPSA) is 89.7 Å². The second kappa shape index (κ2) is 7.83. The van der Waals surface area contributed by atoms with Crippen molar-refractivity contribution >= 4 is 17.5 Å². The van der Waals surface area contributed by atoms with Crippen LogP contribution in [0.25, 0.3) is 17.1 Å². The van der Waals surface area contributed by atoms with E-state index >= 15 is 0 Å². The fraction of sp³-hybridized carbons (Fsp3) is 0.308. The van der Waals surface area contributed by atoms with Crippen LogP contribution in [-0.4, -0.2) is 30.2 Å². The molecule has 2 aromatic heterocycles. The van der Waals surface area contributed by atoms with Crippen molar-refractivity contribution in [3.63, 3.8) is 0 Å². The number of nitrogens with zero attached hydrogens (tertiary/aromatic N) is 5. The number of hydrogen-bond donors (Lipinski definition) is 2. The van der Waals surface area contributed by atoms with Crippen molar-refractivity contribution in [1.82, 2.24) is 29.6 Å². The Kier molecular flexibility index (Phi) is 4.76. The minimum Gasteiger partial charge on any atom is -0.345 e. The molecule has 1 aliphatic heterocycles. The Morgan fingerprint density at radius 2 is 1.97 bits per heavy atom. The molecule has 2 aliphatic rings. The Balaban J connectivity index is 1.27. The largest absolute Gasteiger partial charge is 0.345 e. The number of fused-ring (bicyclic) bond motifs is 1. The molecule has 4 aromatic rings. The normalized spacial score (nSPS) is 17.0. The van der Waals surface area contributed by atoms with Crippen molar-refractivity contribution in [2.75, 3.05) is 5.32 Å². The average molecular weight is 454 g/mol. The Hall–Kier alpha value is -3.94. The van der Waals surface area contributed by atoms with Crippen LogP contribution in [0.2, 0.25) is 0 Å². The van der Waals surface area contributed by atoms with Gasteiger partial charge in [-0.25, -0.2) is 9.67 Å². The molecule has 2 aromatic carbocycles. The van der Waals surface area contributed by atoms with Gasteiger partial charge in [0.2, 0.25) is 5.95 Å². The second-order valence-corrected chi connectivity index (χ2v) is 9.18. The quantitative estimate of drug-likeness (QED) is 0.434. The maximum absolute atomic E-state index is 12.1. The first-order valence-corrected chi connectivity index (χ1v) is 11.8. The number of benzene rings is 2. The molecule has 3 heterocycles.